The number of hydrogen-bond donors (Lipinski definition) is 2. The molecule has 0 saturated carbocycles. The molecule has 2 saturated heterocycles. The summed E-state index contributed by atoms with van der Waals surface area (Å²) in [7, 11) is 0. The number of carbonyl (C=O) groups excluding carboxylic acids is 2. The number of imide groups is 1. The molecule has 0 spiro atoms. The highest BCUT2D eigenvalue weighted by Gasteiger charge is 2.26. The Morgan fingerprint density at radius 3 is 2.80 bits per heavy atom. The van der Waals surface area contributed by atoms with Crippen LogP contribution >= 0.6 is 0 Å². The standard InChI is InChI=1S/C18H23N5O2/c1-2-12-11-23(13-3-6-19-7-4-13)17-15(12)9-14(10-20-17)22-8-5-16(24)21-18(22)25/h9-11,13,19H,2-8H2,1H3,(H,21,24,25). The second kappa shape index (κ2) is 6.48. The lowest BCUT2D eigenvalue weighted by Gasteiger charge is -2.27. The van der Waals surface area contributed by atoms with Crippen molar-refractivity contribution in [3.63, 3.8) is 0 Å². The van der Waals surface area contributed by atoms with E-state index in [1.807, 2.05) is 6.07 Å². The van der Waals surface area contributed by atoms with Gasteiger partial charge < -0.3 is 9.88 Å². The molecule has 0 aliphatic carbocycles. The highest BCUT2D eigenvalue weighted by atomic mass is 16.2. The number of pyridine rings is 1. The van der Waals surface area contributed by atoms with Crippen molar-refractivity contribution in [2.75, 3.05) is 24.5 Å². The number of anilines is 1. The number of amides is 3. The minimum atomic E-state index is -0.367. The summed E-state index contributed by atoms with van der Waals surface area (Å²) in [5.74, 6) is -0.221. The number of nitrogens with one attached hydrogen (secondary N) is 2. The average molecular weight is 341 g/mol. The van der Waals surface area contributed by atoms with Gasteiger partial charge in [0, 0.05) is 30.6 Å². The van der Waals surface area contributed by atoms with Crippen molar-refractivity contribution < 1.29 is 9.59 Å². The van der Waals surface area contributed by atoms with E-state index in [1.165, 1.54) is 5.56 Å². The first-order valence-electron chi connectivity index (χ1n) is 8.99. The Bertz CT molecular complexity index is 822. The first kappa shape index (κ1) is 16.1. The lowest BCUT2D eigenvalue weighted by Crippen LogP contribution is -2.49. The molecule has 4 rings (SSSR count). The molecule has 2 aromatic heterocycles. The van der Waals surface area contributed by atoms with Crippen LogP contribution < -0.4 is 15.5 Å². The lowest BCUT2D eigenvalue weighted by atomic mass is 10.1. The second-order valence-electron chi connectivity index (χ2n) is 6.72. The maximum atomic E-state index is 12.1. The van der Waals surface area contributed by atoms with Gasteiger partial charge in [-0.15, -0.1) is 0 Å². The van der Waals surface area contributed by atoms with E-state index >= 15 is 0 Å². The Balaban J connectivity index is 1.72. The van der Waals surface area contributed by atoms with Crippen molar-refractivity contribution >= 4 is 28.7 Å². The van der Waals surface area contributed by atoms with Crippen LogP contribution in [0.3, 0.4) is 0 Å². The van der Waals surface area contributed by atoms with Crippen LogP contribution in [-0.4, -0.2) is 41.1 Å². The predicted octanol–water partition coefficient (Wildman–Crippen LogP) is 1.97. The Kier molecular flexibility index (Phi) is 4.17. The fourth-order valence-corrected chi connectivity index (χ4v) is 3.79. The van der Waals surface area contributed by atoms with Crippen LogP contribution in [-0.2, 0) is 11.2 Å². The number of carbonyl (C=O) groups is 2. The van der Waals surface area contributed by atoms with E-state index in [1.54, 1.807) is 11.1 Å². The third-order valence-electron chi connectivity index (χ3n) is 5.19. The Morgan fingerprint density at radius 1 is 1.28 bits per heavy atom. The van der Waals surface area contributed by atoms with Gasteiger partial charge in [0.2, 0.25) is 5.91 Å². The molecule has 2 aliphatic heterocycles. The number of hydrogen-bond acceptors (Lipinski definition) is 4. The number of aryl methyl sites for hydroxylation is 1. The van der Waals surface area contributed by atoms with Crippen molar-refractivity contribution in [1.82, 2.24) is 20.2 Å². The molecule has 132 valence electrons. The molecule has 4 heterocycles. The third kappa shape index (κ3) is 2.89. The molecule has 2 fully saturated rings. The zero-order valence-electron chi connectivity index (χ0n) is 14.4. The molecule has 0 unspecified atom stereocenters. The van der Waals surface area contributed by atoms with Gasteiger partial charge in [0.15, 0.2) is 0 Å². The van der Waals surface area contributed by atoms with Gasteiger partial charge in [0.25, 0.3) is 0 Å². The van der Waals surface area contributed by atoms with E-state index < -0.39 is 0 Å². The number of aromatic nitrogens is 2. The summed E-state index contributed by atoms with van der Waals surface area (Å²) in [5.41, 5.74) is 2.98. The van der Waals surface area contributed by atoms with Crippen LogP contribution in [0.15, 0.2) is 18.5 Å². The van der Waals surface area contributed by atoms with Crippen LogP contribution in [0.5, 0.6) is 0 Å². The number of urea groups is 1. The molecular formula is C18H23N5O2. The molecule has 7 nitrogen and oxygen atoms in total. The van der Waals surface area contributed by atoms with E-state index in [0.29, 0.717) is 19.0 Å². The zero-order valence-corrected chi connectivity index (χ0v) is 14.4. The summed E-state index contributed by atoms with van der Waals surface area (Å²) >= 11 is 0. The average Bonchev–Trinajstić information content (AvgIpc) is 3.00. The summed E-state index contributed by atoms with van der Waals surface area (Å²) in [6, 6.07) is 2.14. The minimum Gasteiger partial charge on any atom is -0.329 e. The van der Waals surface area contributed by atoms with Gasteiger partial charge in [-0.1, -0.05) is 6.92 Å². The molecule has 2 aromatic rings. The SMILES string of the molecule is CCc1cn(C2CCNCC2)c2ncc(N3CCC(=O)NC3=O)cc12. The molecule has 2 N–H and O–H groups in total. The lowest BCUT2D eigenvalue weighted by molar-refractivity contribution is -0.120. The monoisotopic (exact) mass is 341 g/mol. The smallest absolute Gasteiger partial charge is 0.328 e. The molecule has 0 radical (unpaired) electrons. The van der Waals surface area contributed by atoms with Crippen LogP contribution in [0, 0.1) is 0 Å². The quantitative estimate of drug-likeness (QED) is 0.895. The van der Waals surface area contributed by atoms with Gasteiger partial charge in [-0.3, -0.25) is 15.0 Å². The maximum Gasteiger partial charge on any atom is 0.328 e. The van der Waals surface area contributed by atoms with E-state index in [-0.39, 0.29) is 11.9 Å². The summed E-state index contributed by atoms with van der Waals surface area (Å²) in [5, 5.41) is 6.87. The summed E-state index contributed by atoms with van der Waals surface area (Å²) < 4.78 is 2.30. The van der Waals surface area contributed by atoms with Crippen molar-refractivity contribution in [2.24, 2.45) is 0 Å². The highest BCUT2D eigenvalue weighted by Crippen LogP contribution is 2.30. The molecule has 3 amide bonds. The molecule has 7 heteroatoms. The number of fused-ring (bicyclic) bond motifs is 1. The van der Waals surface area contributed by atoms with Gasteiger partial charge in [0.05, 0.1) is 11.9 Å². The van der Waals surface area contributed by atoms with E-state index in [0.717, 1.165) is 49.1 Å². The molecule has 25 heavy (non-hydrogen) atoms. The summed E-state index contributed by atoms with van der Waals surface area (Å²) in [6.07, 6.45) is 7.41. The predicted molar refractivity (Wildman–Crippen MR) is 95.8 cm³/mol. The maximum absolute atomic E-state index is 12.1. The van der Waals surface area contributed by atoms with Crippen LogP contribution in [0.4, 0.5) is 10.5 Å². The number of rotatable bonds is 3. The molecule has 2 aliphatic rings. The summed E-state index contributed by atoms with van der Waals surface area (Å²) in [4.78, 5) is 29.7. The second-order valence-corrected chi connectivity index (χ2v) is 6.72. The van der Waals surface area contributed by atoms with Crippen molar-refractivity contribution in [1.29, 1.82) is 0 Å². The van der Waals surface area contributed by atoms with Crippen LogP contribution in [0.25, 0.3) is 11.0 Å². The zero-order chi connectivity index (χ0) is 17.4. The third-order valence-corrected chi connectivity index (χ3v) is 5.19. The summed E-state index contributed by atoms with van der Waals surface area (Å²) in [6.45, 7) is 4.60. The fourth-order valence-electron chi connectivity index (χ4n) is 3.79. The highest BCUT2D eigenvalue weighted by molar-refractivity contribution is 6.06. The van der Waals surface area contributed by atoms with E-state index in [2.05, 4.69) is 33.3 Å². The molecule has 0 atom stereocenters. The minimum absolute atomic E-state index is 0.221. The van der Waals surface area contributed by atoms with Gasteiger partial charge in [0.1, 0.15) is 5.65 Å². The Labute approximate surface area is 146 Å². The fraction of sp³-hybridized carbons (Fsp3) is 0.500. The first-order chi connectivity index (χ1) is 12.2. The van der Waals surface area contributed by atoms with Crippen molar-refractivity contribution in [3.8, 4) is 0 Å². The van der Waals surface area contributed by atoms with E-state index in [4.69, 9.17) is 0 Å². The first-order valence-corrected chi connectivity index (χ1v) is 8.99. The normalized spacial score (nSPS) is 19.5. The van der Waals surface area contributed by atoms with Crippen LogP contribution in [0.1, 0.15) is 37.8 Å². The molecule has 0 bridgehead atoms. The van der Waals surface area contributed by atoms with Gasteiger partial charge in [-0.25, -0.2) is 9.78 Å². The molecule has 0 aromatic carbocycles. The number of nitrogens with zero attached hydrogens (tertiary/aromatic N) is 3. The largest absolute Gasteiger partial charge is 0.329 e. The molecular weight excluding hydrogens is 318 g/mol. The topological polar surface area (TPSA) is 79.3 Å². The number of piperidine rings is 1. The Hall–Kier alpha value is -2.41. The van der Waals surface area contributed by atoms with E-state index in [9.17, 15) is 9.59 Å². The van der Waals surface area contributed by atoms with Gasteiger partial charge in [-0.05, 0) is 44.0 Å². The van der Waals surface area contributed by atoms with Gasteiger partial charge >= 0.3 is 6.03 Å². The van der Waals surface area contributed by atoms with Crippen molar-refractivity contribution in [2.45, 2.75) is 38.6 Å². The van der Waals surface area contributed by atoms with Crippen LogP contribution in [0.2, 0.25) is 0 Å². The van der Waals surface area contributed by atoms with Crippen molar-refractivity contribution in [3.05, 3.63) is 24.0 Å². The van der Waals surface area contributed by atoms with Gasteiger partial charge in [-0.2, -0.15) is 0 Å². The Morgan fingerprint density at radius 2 is 2.08 bits per heavy atom.